The number of nitrogens with two attached hydrogens (primary N) is 1. The van der Waals surface area contributed by atoms with Gasteiger partial charge in [-0.3, -0.25) is 5.84 Å². The van der Waals surface area contributed by atoms with Crippen molar-refractivity contribution < 1.29 is 9.15 Å². The summed E-state index contributed by atoms with van der Waals surface area (Å²) >= 11 is 0. The normalized spacial score (nSPS) is 12.5. The van der Waals surface area contributed by atoms with E-state index >= 15 is 0 Å². The molecular formula is C15H20N2O2. The Balaban J connectivity index is 2.43. The molecule has 102 valence electrons. The second kappa shape index (κ2) is 5.47. The molecule has 0 radical (unpaired) electrons. The zero-order valence-electron chi connectivity index (χ0n) is 11.8. The van der Waals surface area contributed by atoms with Crippen molar-refractivity contribution in [3.63, 3.8) is 0 Å². The zero-order valence-corrected chi connectivity index (χ0v) is 11.8. The van der Waals surface area contributed by atoms with Gasteiger partial charge in [-0.25, -0.2) is 5.43 Å². The minimum absolute atomic E-state index is 0.0802. The highest BCUT2D eigenvalue weighted by atomic mass is 16.5. The second-order valence-electron chi connectivity index (χ2n) is 4.63. The summed E-state index contributed by atoms with van der Waals surface area (Å²) < 4.78 is 10.8. The highest BCUT2D eigenvalue weighted by molar-refractivity contribution is 5.41. The molecule has 0 aliphatic rings. The maximum atomic E-state index is 5.73. The summed E-state index contributed by atoms with van der Waals surface area (Å²) in [7, 11) is 1.65. The van der Waals surface area contributed by atoms with Crippen molar-refractivity contribution in [3.05, 3.63) is 52.5 Å². The van der Waals surface area contributed by atoms with E-state index in [1.165, 1.54) is 0 Å². The van der Waals surface area contributed by atoms with Gasteiger partial charge in [-0.05, 0) is 44.0 Å². The third-order valence-corrected chi connectivity index (χ3v) is 3.52. The van der Waals surface area contributed by atoms with Crippen LogP contribution in [-0.2, 0) is 0 Å². The predicted molar refractivity (Wildman–Crippen MR) is 75.1 cm³/mol. The molecule has 0 saturated heterocycles. The van der Waals surface area contributed by atoms with Gasteiger partial charge in [0.15, 0.2) is 0 Å². The smallest absolute Gasteiger partial charge is 0.118 e. The summed E-state index contributed by atoms with van der Waals surface area (Å²) in [5.41, 5.74) is 6.18. The number of methoxy groups -OCH3 is 1. The first-order valence-electron chi connectivity index (χ1n) is 6.25. The summed E-state index contributed by atoms with van der Waals surface area (Å²) in [6.07, 6.45) is 0. The Labute approximate surface area is 113 Å². The van der Waals surface area contributed by atoms with E-state index in [0.717, 1.165) is 34.0 Å². The number of hydrogen-bond donors (Lipinski definition) is 2. The van der Waals surface area contributed by atoms with Gasteiger partial charge >= 0.3 is 0 Å². The predicted octanol–water partition coefficient (Wildman–Crippen LogP) is 2.77. The van der Waals surface area contributed by atoms with Gasteiger partial charge < -0.3 is 9.15 Å². The van der Waals surface area contributed by atoms with Crippen molar-refractivity contribution in [2.75, 3.05) is 7.11 Å². The van der Waals surface area contributed by atoms with Crippen LogP contribution in [0.4, 0.5) is 0 Å². The molecule has 4 heteroatoms. The van der Waals surface area contributed by atoms with Crippen LogP contribution >= 0.6 is 0 Å². The van der Waals surface area contributed by atoms with E-state index in [1.807, 2.05) is 38.1 Å². The molecule has 3 N–H and O–H groups in total. The van der Waals surface area contributed by atoms with E-state index in [4.69, 9.17) is 15.0 Å². The summed E-state index contributed by atoms with van der Waals surface area (Å²) in [4.78, 5) is 0. The maximum absolute atomic E-state index is 5.73. The van der Waals surface area contributed by atoms with Gasteiger partial charge in [0.2, 0.25) is 0 Å². The fourth-order valence-electron chi connectivity index (χ4n) is 2.38. The Morgan fingerprint density at radius 2 is 1.74 bits per heavy atom. The molecular weight excluding hydrogens is 240 g/mol. The Kier molecular flexibility index (Phi) is 3.93. The van der Waals surface area contributed by atoms with Crippen molar-refractivity contribution in [3.8, 4) is 5.75 Å². The van der Waals surface area contributed by atoms with Crippen molar-refractivity contribution in [2.45, 2.75) is 26.8 Å². The molecule has 1 unspecified atom stereocenters. The minimum atomic E-state index is -0.0802. The first-order chi connectivity index (χ1) is 9.08. The second-order valence-corrected chi connectivity index (χ2v) is 4.63. The van der Waals surface area contributed by atoms with E-state index in [9.17, 15) is 0 Å². The molecule has 1 aromatic heterocycles. The maximum Gasteiger partial charge on any atom is 0.118 e. The number of nitrogens with one attached hydrogen (secondary N) is 1. The van der Waals surface area contributed by atoms with Crippen LogP contribution in [0, 0.1) is 20.8 Å². The van der Waals surface area contributed by atoms with E-state index in [-0.39, 0.29) is 6.04 Å². The molecule has 1 aromatic carbocycles. The van der Waals surface area contributed by atoms with Crippen molar-refractivity contribution >= 4 is 0 Å². The number of furan rings is 1. The summed E-state index contributed by atoms with van der Waals surface area (Å²) in [5, 5.41) is 0. The topological polar surface area (TPSA) is 60.4 Å². The van der Waals surface area contributed by atoms with E-state index < -0.39 is 0 Å². The number of ether oxygens (including phenoxy) is 1. The lowest BCUT2D eigenvalue weighted by Gasteiger charge is -2.17. The molecule has 0 fully saturated rings. The molecule has 2 aromatic rings. The average Bonchev–Trinajstić information content (AvgIpc) is 2.67. The van der Waals surface area contributed by atoms with Gasteiger partial charge in [0.05, 0.1) is 13.2 Å². The Hall–Kier alpha value is -1.78. The Bertz CT molecular complexity index is 558. The van der Waals surface area contributed by atoms with Crippen molar-refractivity contribution in [2.24, 2.45) is 5.84 Å². The van der Waals surface area contributed by atoms with Crippen LogP contribution in [0.1, 0.15) is 34.3 Å². The minimum Gasteiger partial charge on any atom is -0.497 e. The molecule has 19 heavy (non-hydrogen) atoms. The highest BCUT2D eigenvalue weighted by Gasteiger charge is 2.21. The number of rotatable bonds is 4. The fourth-order valence-corrected chi connectivity index (χ4v) is 2.38. The van der Waals surface area contributed by atoms with Gasteiger partial charge in [-0.2, -0.15) is 0 Å². The first-order valence-corrected chi connectivity index (χ1v) is 6.25. The average molecular weight is 260 g/mol. The van der Waals surface area contributed by atoms with Crippen LogP contribution in [-0.4, -0.2) is 7.11 Å². The van der Waals surface area contributed by atoms with Gasteiger partial charge in [0, 0.05) is 5.56 Å². The van der Waals surface area contributed by atoms with Gasteiger partial charge in [0.1, 0.15) is 17.3 Å². The van der Waals surface area contributed by atoms with E-state index in [0.29, 0.717) is 0 Å². The van der Waals surface area contributed by atoms with Crippen LogP contribution in [0.2, 0.25) is 0 Å². The highest BCUT2D eigenvalue weighted by Crippen LogP contribution is 2.31. The van der Waals surface area contributed by atoms with Crippen LogP contribution < -0.4 is 16.0 Å². The largest absolute Gasteiger partial charge is 0.497 e. The Morgan fingerprint density at radius 3 is 2.16 bits per heavy atom. The van der Waals surface area contributed by atoms with Crippen molar-refractivity contribution in [1.82, 2.24) is 5.43 Å². The van der Waals surface area contributed by atoms with E-state index in [2.05, 4.69) is 12.3 Å². The molecule has 0 amide bonds. The number of hydrazine groups is 1. The molecule has 0 aliphatic heterocycles. The molecule has 2 rings (SSSR count). The number of hydrogen-bond acceptors (Lipinski definition) is 4. The lowest BCUT2D eigenvalue weighted by molar-refractivity contribution is 0.414. The first kappa shape index (κ1) is 13.6. The quantitative estimate of drug-likeness (QED) is 0.655. The van der Waals surface area contributed by atoms with Gasteiger partial charge in [-0.15, -0.1) is 0 Å². The lowest BCUT2D eigenvalue weighted by Crippen LogP contribution is -2.29. The molecule has 1 heterocycles. The molecule has 4 nitrogen and oxygen atoms in total. The van der Waals surface area contributed by atoms with Crippen molar-refractivity contribution in [1.29, 1.82) is 0 Å². The zero-order chi connectivity index (χ0) is 14.0. The standard InChI is InChI=1S/C15H20N2O2/c1-9-10(2)19-11(3)14(9)15(17-16)12-5-7-13(18-4)8-6-12/h5-8,15,17H,16H2,1-4H3. The molecule has 0 spiro atoms. The van der Waals surface area contributed by atoms with Crippen LogP contribution in [0.25, 0.3) is 0 Å². The Morgan fingerprint density at radius 1 is 1.11 bits per heavy atom. The van der Waals surface area contributed by atoms with Crippen LogP contribution in [0.3, 0.4) is 0 Å². The summed E-state index contributed by atoms with van der Waals surface area (Å²) in [5.74, 6) is 8.39. The SMILES string of the molecule is COc1ccc(C(NN)c2c(C)oc(C)c2C)cc1. The molecule has 0 saturated carbocycles. The van der Waals surface area contributed by atoms with Crippen LogP contribution in [0.5, 0.6) is 5.75 Å². The van der Waals surface area contributed by atoms with Gasteiger partial charge in [0.25, 0.3) is 0 Å². The third kappa shape index (κ3) is 2.50. The van der Waals surface area contributed by atoms with Crippen LogP contribution in [0.15, 0.2) is 28.7 Å². The number of aryl methyl sites for hydroxylation is 2. The molecule has 0 bridgehead atoms. The lowest BCUT2D eigenvalue weighted by atomic mass is 9.96. The number of benzene rings is 1. The van der Waals surface area contributed by atoms with E-state index in [1.54, 1.807) is 7.11 Å². The summed E-state index contributed by atoms with van der Waals surface area (Å²) in [6.45, 7) is 5.98. The van der Waals surface area contributed by atoms with Gasteiger partial charge in [-0.1, -0.05) is 12.1 Å². The molecule has 0 aliphatic carbocycles. The fraction of sp³-hybridized carbons (Fsp3) is 0.333. The monoisotopic (exact) mass is 260 g/mol. The summed E-state index contributed by atoms with van der Waals surface area (Å²) in [6, 6.07) is 7.78. The molecule has 1 atom stereocenters. The third-order valence-electron chi connectivity index (χ3n) is 3.52.